The molecule has 6 nitrogen and oxygen atoms in total. The lowest BCUT2D eigenvalue weighted by molar-refractivity contribution is -0.121. The summed E-state index contributed by atoms with van der Waals surface area (Å²) in [6, 6.07) is 8.24. The van der Waals surface area contributed by atoms with Crippen LogP contribution in [0.4, 0.5) is 5.95 Å². The van der Waals surface area contributed by atoms with Gasteiger partial charge in [-0.15, -0.1) is 17.5 Å². The Labute approximate surface area is 154 Å². The average Bonchev–Trinajstić information content (AvgIpc) is 2.93. The van der Waals surface area contributed by atoms with E-state index in [1.807, 2.05) is 19.1 Å². The number of carbonyl (C=O) groups excluding carboxylic acids is 1. The summed E-state index contributed by atoms with van der Waals surface area (Å²) in [6.07, 6.45) is 0. The minimum absolute atomic E-state index is 0. The molecule has 1 unspecified atom stereocenters. The smallest absolute Gasteiger partial charge is 0.249 e. The fourth-order valence-electron chi connectivity index (χ4n) is 2.68. The fourth-order valence-corrected chi connectivity index (χ4v) is 2.68. The van der Waals surface area contributed by atoms with E-state index in [4.69, 9.17) is 0 Å². The summed E-state index contributed by atoms with van der Waals surface area (Å²) >= 11 is 0. The van der Waals surface area contributed by atoms with Gasteiger partial charge in [0.25, 0.3) is 0 Å². The monoisotopic (exact) mass is 363 g/mol. The molecular weight excluding hydrogens is 338 g/mol. The van der Waals surface area contributed by atoms with Gasteiger partial charge in [-0.05, 0) is 30.0 Å². The quantitative estimate of drug-likeness (QED) is 0.779. The molecule has 1 aliphatic rings. The third-order valence-electron chi connectivity index (χ3n) is 4.68. The highest BCUT2D eigenvalue weighted by molar-refractivity contribution is 5.91. The lowest BCUT2D eigenvalue weighted by Gasteiger charge is -2.31. The standard InChI is InChI=1S/C18H25N5O.ClH/c1-11(13-9-19-10-13)16(24)21-17-20-15(22-23-17)12-5-7-14(8-6-12)18(2,3)4;/h5-8,11,13,19H,9-10H2,1-4H3,(H2,20,21,22,23,24);1H. The highest BCUT2D eigenvalue weighted by atomic mass is 35.5. The number of carbonyl (C=O) groups is 1. The molecule has 1 fully saturated rings. The van der Waals surface area contributed by atoms with Crippen LogP contribution in [-0.4, -0.2) is 34.2 Å². The lowest BCUT2D eigenvalue weighted by Crippen LogP contribution is -2.48. The number of benzene rings is 1. The van der Waals surface area contributed by atoms with E-state index >= 15 is 0 Å². The molecule has 2 heterocycles. The molecular formula is C18H26ClN5O. The first kappa shape index (κ1) is 19.4. The van der Waals surface area contributed by atoms with Gasteiger partial charge < -0.3 is 5.32 Å². The predicted octanol–water partition coefficient (Wildman–Crippen LogP) is 2.99. The summed E-state index contributed by atoms with van der Waals surface area (Å²) in [5, 5.41) is 13.0. The number of hydrogen-bond acceptors (Lipinski definition) is 4. The normalized spacial score (nSPS) is 15.8. The molecule has 1 saturated heterocycles. The molecule has 0 aliphatic carbocycles. The van der Waals surface area contributed by atoms with Crippen LogP contribution in [0.2, 0.25) is 0 Å². The number of aromatic amines is 1. The van der Waals surface area contributed by atoms with Crippen LogP contribution < -0.4 is 10.6 Å². The van der Waals surface area contributed by atoms with Crippen molar-refractivity contribution in [1.29, 1.82) is 0 Å². The molecule has 1 atom stereocenters. The summed E-state index contributed by atoms with van der Waals surface area (Å²) in [5.41, 5.74) is 2.33. The average molecular weight is 364 g/mol. The van der Waals surface area contributed by atoms with Crippen LogP contribution in [0.3, 0.4) is 0 Å². The first-order valence-corrected chi connectivity index (χ1v) is 8.39. The Morgan fingerprint density at radius 3 is 2.40 bits per heavy atom. The van der Waals surface area contributed by atoms with E-state index in [1.54, 1.807) is 0 Å². The molecule has 136 valence electrons. The molecule has 1 amide bonds. The number of halogens is 1. The van der Waals surface area contributed by atoms with Gasteiger partial charge in [-0.2, -0.15) is 4.98 Å². The largest absolute Gasteiger partial charge is 0.316 e. The number of nitrogens with one attached hydrogen (secondary N) is 3. The van der Waals surface area contributed by atoms with Gasteiger partial charge in [0, 0.05) is 11.5 Å². The van der Waals surface area contributed by atoms with Crippen LogP contribution >= 0.6 is 12.4 Å². The molecule has 0 radical (unpaired) electrons. The van der Waals surface area contributed by atoms with E-state index in [1.165, 1.54) is 5.56 Å². The van der Waals surface area contributed by atoms with Gasteiger partial charge in [-0.3, -0.25) is 15.2 Å². The predicted molar refractivity (Wildman–Crippen MR) is 102 cm³/mol. The van der Waals surface area contributed by atoms with Crippen molar-refractivity contribution in [3.63, 3.8) is 0 Å². The second-order valence-electron chi connectivity index (χ2n) is 7.53. The zero-order chi connectivity index (χ0) is 17.3. The fraction of sp³-hybridized carbons (Fsp3) is 0.500. The number of anilines is 1. The van der Waals surface area contributed by atoms with Crippen molar-refractivity contribution < 1.29 is 4.79 Å². The van der Waals surface area contributed by atoms with Gasteiger partial charge in [-0.1, -0.05) is 52.0 Å². The van der Waals surface area contributed by atoms with Crippen LogP contribution in [-0.2, 0) is 10.2 Å². The number of H-pyrrole nitrogens is 1. The van der Waals surface area contributed by atoms with Crippen LogP contribution in [0.1, 0.15) is 33.3 Å². The van der Waals surface area contributed by atoms with E-state index in [-0.39, 0.29) is 29.6 Å². The van der Waals surface area contributed by atoms with E-state index < -0.39 is 0 Å². The Hall–Kier alpha value is -1.92. The molecule has 1 aromatic heterocycles. The SMILES string of the molecule is CC(C(=O)Nc1n[nH]c(-c2ccc(C(C)(C)C)cc2)n1)C1CNC1.Cl. The number of hydrogen-bond donors (Lipinski definition) is 3. The second kappa shape index (κ2) is 7.54. The van der Waals surface area contributed by atoms with Gasteiger partial charge >= 0.3 is 0 Å². The van der Waals surface area contributed by atoms with Crippen LogP contribution in [0.15, 0.2) is 24.3 Å². The van der Waals surface area contributed by atoms with E-state index in [0.29, 0.717) is 17.7 Å². The maximum atomic E-state index is 12.2. The Kier molecular flexibility index (Phi) is 5.85. The topological polar surface area (TPSA) is 82.7 Å². The third-order valence-corrected chi connectivity index (χ3v) is 4.68. The van der Waals surface area contributed by atoms with Gasteiger partial charge in [-0.25, -0.2) is 0 Å². The van der Waals surface area contributed by atoms with Gasteiger partial charge in [0.2, 0.25) is 11.9 Å². The zero-order valence-electron chi connectivity index (χ0n) is 15.1. The molecule has 1 aliphatic heterocycles. The Morgan fingerprint density at radius 1 is 1.24 bits per heavy atom. The number of amides is 1. The summed E-state index contributed by atoms with van der Waals surface area (Å²) in [5.74, 6) is 1.31. The first-order valence-electron chi connectivity index (χ1n) is 8.39. The van der Waals surface area contributed by atoms with E-state index in [2.05, 4.69) is 58.7 Å². The first-order chi connectivity index (χ1) is 11.3. The van der Waals surface area contributed by atoms with Crippen molar-refractivity contribution in [3.05, 3.63) is 29.8 Å². The third kappa shape index (κ3) is 4.38. The maximum Gasteiger partial charge on any atom is 0.249 e. The second-order valence-corrected chi connectivity index (χ2v) is 7.53. The molecule has 0 bridgehead atoms. The van der Waals surface area contributed by atoms with Gasteiger partial charge in [0.05, 0.1) is 0 Å². The zero-order valence-corrected chi connectivity index (χ0v) is 15.9. The van der Waals surface area contributed by atoms with Crippen molar-refractivity contribution in [3.8, 4) is 11.4 Å². The van der Waals surface area contributed by atoms with E-state index in [0.717, 1.165) is 18.7 Å². The van der Waals surface area contributed by atoms with Crippen LogP contribution in [0.5, 0.6) is 0 Å². The summed E-state index contributed by atoms with van der Waals surface area (Å²) in [7, 11) is 0. The van der Waals surface area contributed by atoms with Crippen LogP contribution in [0.25, 0.3) is 11.4 Å². The highest BCUT2D eigenvalue weighted by Gasteiger charge is 2.29. The lowest BCUT2D eigenvalue weighted by atomic mass is 9.87. The van der Waals surface area contributed by atoms with Crippen molar-refractivity contribution in [2.24, 2.45) is 11.8 Å². The van der Waals surface area contributed by atoms with Crippen molar-refractivity contribution in [2.45, 2.75) is 33.1 Å². The van der Waals surface area contributed by atoms with Crippen molar-refractivity contribution in [2.75, 3.05) is 18.4 Å². The number of nitrogens with zero attached hydrogens (tertiary/aromatic N) is 2. The molecule has 3 rings (SSSR count). The molecule has 7 heteroatoms. The highest BCUT2D eigenvalue weighted by Crippen LogP contribution is 2.25. The van der Waals surface area contributed by atoms with Gasteiger partial charge in [0.1, 0.15) is 0 Å². The molecule has 3 N–H and O–H groups in total. The van der Waals surface area contributed by atoms with E-state index in [9.17, 15) is 4.79 Å². The molecule has 1 aromatic carbocycles. The minimum atomic E-state index is -0.0423. The summed E-state index contributed by atoms with van der Waals surface area (Å²) in [4.78, 5) is 16.6. The van der Waals surface area contributed by atoms with Crippen molar-refractivity contribution >= 4 is 24.3 Å². The van der Waals surface area contributed by atoms with Crippen LogP contribution in [0, 0.1) is 11.8 Å². The molecule has 2 aromatic rings. The van der Waals surface area contributed by atoms with Crippen molar-refractivity contribution in [1.82, 2.24) is 20.5 Å². The molecule has 0 spiro atoms. The summed E-state index contributed by atoms with van der Waals surface area (Å²) < 4.78 is 0. The minimum Gasteiger partial charge on any atom is -0.316 e. The number of rotatable bonds is 4. The Morgan fingerprint density at radius 2 is 1.88 bits per heavy atom. The molecule has 25 heavy (non-hydrogen) atoms. The van der Waals surface area contributed by atoms with Gasteiger partial charge in [0.15, 0.2) is 5.82 Å². The number of aromatic nitrogens is 3. The summed E-state index contributed by atoms with van der Waals surface area (Å²) in [6.45, 7) is 10.3. The Balaban J connectivity index is 0.00000225. The Bertz CT molecular complexity index is 716. The maximum absolute atomic E-state index is 12.2. The molecule has 0 saturated carbocycles.